The van der Waals surface area contributed by atoms with Gasteiger partial charge in [0.1, 0.15) is 0 Å². The molecule has 0 aromatic carbocycles. The molecular formula is C9H15N3O. The number of aromatic nitrogens is 2. The van der Waals surface area contributed by atoms with Crippen molar-refractivity contribution in [3.05, 3.63) is 11.8 Å². The highest BCUT2D eigenvalue weighted by Gasteiger charge is 2.40. The van der Waals surface area contributed by atoms with Crippen LogP contribution in [0.2, 0.25) is 0 Å². The van der Waals surface area contributed by atoms with Crippen LogP contribution in [0.1, 0.15) is 50.4 Å². The minimum Gasteiger partial charge on any atom is -0.423 e. The van der Waals surface area contributed by atoms with E-state index >= 15 is 0 Å². The summed E-state index contributed by atoms with van der Waals surface area (Å²) in [6.45, 7) is 4.04. The second-order valence-corrected chi connectivity index (χ2v) is 3.78. The molecule has 13 heavy (non-hydrogen) atoms. The summed E-state index contributed by atoms with van der Waals surface area (Å²) in [5.74, 6) is 2.59. The number of hydrogen-bond acceptors (Lipinski definition) is 4. The Morgan fingerprint density at radius 1 is 1.62 bits per heavy atom. The van der Waals surface area contributed by atoms with Crippen molar-refractivity contribution in [2.24, 2.45) is 11.7 Å². The fraction of sp³-hybridized carbons (Fsp3) is 0.778. The first-order valence-corrected chi connectivity index (χ1v) is 4.81. The van der Waals surface area contributed by atoms with Crippen molar-refractivity contribution in [3.63, 3.8) is 0 Å². The minimum atomic E-state index is -0.153. The smallest absolute Gasteiger partial charge is 0.232 e. The zero-order chi connectivity index (χ0) is 9.42. The Labute approximate surface area is 77.5 Å². The van der Waals surface area contributed by atoms with Gasteiger partial charge in [-0.2, -0.15) is 0 Å². The lowest BCUT2D eigenvalue weighted by atomic mass is 10.2. The minimum absolute atomic E-state index is 0.153. The second-order valence-electron chi connectivity index (χ2n) is 3.78. The summed E-state index contributed by atoms with van der Waals surface area (Å²) in [5, 5.41) is 7.90. The van der Waals surface area contributed by atoms with Crippen LogP contribution in [0.15, 0.2) is 4.42 Å². The molecule has 1 unspecified atom stereocenters. The van der Waals surface area contributed by atoms with Gasteiger partial charge in [-0.05, 0) is 19.3 Å². The van der Waals surface area contributed by atoms with Crippen LogP contribution in [0, 0.1) is 5.92 Å². The van der Waals surface area contributed by atoms with Gasteiger partial charge in [-0.25, -0.2) is 0 Å². The lowest BCUT2D eigenvalue weighted by Crippen LogP contribution is -2.04. The summed E-state index contributed by atoms with van der Waals surface area (Å²) >= 11 is 0. The van der Waals surface area contributed by atoms with Gasteiger partial charge >= 0.3 is 0 Å². The first kappa shape index (κ1) is 8.69. The third-order valence-corrected chi connectivity index (χ3v) is 2.61. The first-order valence-electron chi connectivity index (χ1n) is 4.81. The van der Waals surface area contributed by atoms with Crippen LogP contribution < -0.4 is 5.73 Å². The van der Waals surface area contributed by atoms with Crippen molar-refractivity contribution in [2.75, 3.05) is 0 Å². The van der Waals surface area contributed by atoms with E-state index < -0.39 is 0 Å². The quantitative estimate of drug-likeness (QED) is 0.769. The molecule has 4 heteroatoms. The van der Waals surface area contributed by atoms with Crippen molar-refractivity contribution in [3.8, 4) is 0 Å². The zero-order valence-corrected chi connectivity index (χ0v) is 8.03. The molecule has 4 nitrogen and oxygen atoms in total. The molecule has 3 atom stereocenters. The van der Waals surface area contributed by atoms with E-state index in [0.717, 1.165) is 11.8 Å². The first-order chi connectivity index (χ1) is 6.22. The van der Waals surface area contributed by atoms with Crippen molar-refractivity contribution in [1.29, 1.82) is 0 Å². The molecule has 1 aromatic rings. The van der Waals surface area contributed by atoms with Crippen LogP contribution in [0.25, 0.3) is 0 Å². The Morgan fingerprint density at radius 3 is 2.85 bits per heavy atom. The molecule has 1 fully saturated rings. The van der Waals surface area contributed by atoms with Crippen LogP contribution in [0.5, 0.6) is 0 Å². The molecule has 1 aliphatic carbocycles. The summed E-state index contributed by atoms with van der Waals surface area (Å²) in [7, 11) is 0. The maximum atomic E-state index is 5.62. The Hall–Kier alpha value is -0.900. The molecule has 0 spiro atoms. The Kier molecular flexibility index (Phi) is 2.07. The van der Waals surface area contributed by atoms with E-state index in [-0.39, 0.29) is 6.04 Å². The molecule has 0 amide bonds. The molecule has 2 N–H and O–H groups in total. The highest BCUT2D eigenvalue weighted by Crippen LogP contribution is 2.48. The number of hydrogen-bond donors (Lipinski definition) is 1. The van der Waals surface area contributed by atoms with Crippen molar-refractivity contribution in [1.82, 2.24) is 10.2 Å². The zero-order valence-electron chi connectivity index (χ0n) is 8.03. The largest absolute Gasteiger partial charge is 0.423 e. The lowest BCUT2D eigenvalue weighted by Gasteiger charge is -1.94. The van der Waals surface area contributed by atoms with Crippen LogP contribution in [-0.4, -0.2) is 10.2 Å². The van der Waals surface area contributed by atoms with Gasteiger partial charge in [0.2, 0.25) is 11.8 Å². The maximum Gasteiger partial charge on any atom is 0.232 e. The molecule has 0 saturated heterocycles. The highest BCUT2D eigenvalue weighted by molar-refractivity contribution is 5.06. The van der Waals surface area contributed by atoms with Gasteiger partial charge in [0.25, 0.3) is 0 Å². The van der Waals surface area contributed by atoms with Crippen LogP contribution in [0.4, 0.5) is 0 Å². The predicted molar refractivity (Wildman–Crippen MR) is 48.0 cm³/mol. The maximum absolute atomic E-state index is 5.62. The van der Waals surface area contributed by atoms with Crippen molar-refractivity contribution >= 4 is 0 Å². The van der Waals surface area contributed by atoms with Gasteiger partial charge in [0, 0.05) is 5.92 Å². The average molecular weight is 181 g/mol. The Bertz CT molecular complexity index is 295. The summed E-state index contributed by atoms with van der Waals surface area (Å²) in [6, 6.07) is -0.153. The molecule has 72 valence electrons. The van der Waals surface area contributed by atoms with Crippen molar-refractivity contribution in [2.45, 2.75) is 38.6 Å². The van der Waals surface area contributed by atoms with E-state index in [1.807, 2.05) is 6.92 Å². The fourth-order valence-electron chi connectivity index (χ4n) is 1.58. The topological polar surface area (TPSA) is 64.9 Å². The van der Waals surface area contributed by atoms with Gasteiger partial charge in [-0.1, -0.05) is 13.3 Å². The predicted octanol–water partition coefficient (Wildman–Crippen LogP) is 1.60. The highest BCUT2D eigenvalue weighted by atomic mass is 16.4. The monoisotopic (exact) mass is 181 g/mol. The molecule has 1 saturated carbocycles. The Balaban J connectivity index is 2.07. The summed E-state index contributed by atoms with van der Waals surface area (Å²) in [4.78, 5) is 0. The molecule has 0 radical (unpaired) electrons. The van der Waals surface area contributed by atoms with E-state index in [1.54, 1.807) is 0 Å². The van der Waals surface area contributed by atoms with E-state index in [4.69, 9.17) is 10.2 Å². The standard InChI is InChI=1S/C9H15N3O/c1-3-6-4-7(6)9-12-11-8(13-9)5(2)10/h5-7H,3-4,10H2,1-2H3/t5?,6-,7-/m1/s1. The third kappa shape index (κ3) is 1.58. The summed E-state index contributed by atoms with van der Waals surface area (Å²) in [5.41, 5.74) is 5.62. The van der Waals surface area contributed by atoms with E-state index in [1.165, 1.54) is 12.8 Å². The number of nitrogens with two attached hydrogens (primary N) is 1. The fourth-order valence-corrected chi connectivity index (χ4v) is 1.58. The lowest BCUT2D eigenvalue weighted by molar-refractivity contribution is 0.422. The second kappa shape index (κ2) is 3.10. The SMILES string of the molecule is CC[C@@H]1C[C@H]1c1nnc(C(C)N)o1. The summed E-state index contributed by atoms with van der Waals surface area (Å²) in [6.07, 6.45) is 2.39. The van der Waals surface area contributed by atoms with Gasteiger partial charge < -0.3 is 10.2 Å². The van der Waals surface area contributed by atoms with Crippen LogP contribution >= 0.6 is 0 Å². The van der Waals surface area contributed by atoms with E-state index in [2.05, 4.69) is 17.1 Å². The van der Waals surface area contributed by atoms with Crippen LogP contribution in [0.3, 0.4) is 0 Å². The number of nitrogens with zero attached hydrogens (tertiary/aromatic N) is 2. The molecule has 2 rings (SSSR count). The molecule has 0 aliphatic heterocycles. The third-order valence-electron chi connectivity index (χ3n) is 2.61. The molecule has 1 heterocycles. The van der Waals surface area contributed by atoms with Gasteiger partial charge in [0.15, 0.2) is 0 Å². The van der Waals surface area contributed by atoms with E-state index in [0.29, 0.717) is 11.8 Å². The van der Waals surface area contributed by atoms with Crippen LogP contribution in [-0.2, 0) is 0 Å². The molecule has 1 aromatic heterocycles. The average Bonchev–Trinajstić information content (AvgIpc) is 2.73. The Morgan fingerprint density at radius 2 is 2.38 bits per heavy atom. The number of rotatable bonds is 3. The van der Waals surface area contributed by atoms with Crippen molar-refractivity contribution < 1.29 is 4.42 Å². The molecule has 1 aliphatic rings. The van der Waals surface area contributed by atoms with Gasteiger partial charge in [-0.15, -0.1) is 10.2 Å². The molecular weight excluding hydrogens is 166 g/mol. The van der Waals surface area contributed by atoms with Gasteiger partial charge in [-0.3, -0.25) is 0 Å². The van der Waals surface area contributed by atoms with E-state index in [9.17, 15) is 0 Å². The normalized spacial score (nSPS) is 28.8. The van der Waals surface area contributed by atoms with Gasteiger partial charge in [0.05, 0.1) is 6.04 Å². The summed E-state index contributed by atoms with van der Waals surface area (Å²) < 4.78 is 5.45. The molecule has 0 bridgehead atoms.